The van der Waals surface area contributed by atoms with Gasteiger partial charge in [-0.05, 0) is 25.0 Å². The first-order chi connectivity index (χ1) is 13.2. The van der Waals surface area contributed by atoms with Gasteiger partial charge < -0.3 is 14.8 Å². The van der Waals surface area contributed by atoms with Crippen molar-refractivity contribution in [1.29, 1.82) is 0 Å². The first kappa shape index (κ1) is 18.0. The summed E-state index contributed by atoms with van der Waals surface area (Å²) in [6.45, 7) is 5.13. The number of rotatable bonds is 3. The summed E-state index contributed by atoms with van der Waals surface area (Å²) in [5.41, 5.74) is 1.63. The maximum Gasteiger partial charge on any atom is 0.270 e. The normalized spacial score (nSPS) is 19.3. The Hall–Kier alpha value is -2.34. The first-order valence-corrected chi connectivity index (χ1v) is 10.1. The van der Waals surface area contributed by atoms with Crippen molar-refractivity contribution in [3.8, 4) is 0 Å². The molecule has 0 bridgehead atoms. The minimum absolute atomic E-state index is 0.0460. The molecule has 2 aliphatic heterocycles. The van der Waals surface area contributed by atoms with Gasteiger partial charge in [-0.25, -0.2) is 0 Å². The molecule has 2 amide bonds. The summed E-state index contributed by atoms with van der Waals surface area (Å²) in [5.74, 6) is 0.289. The second-order valence-corrected chi connectivity index (χ2v) is 7.63. The largest absolute Gasteiger partial charge is 0.351 e. The summed E-state index contributed by atoms with van der Waals surface area (Å²) in [6, 6.07) is 9.86. The highest BCUT2D eigenvalue weighted by Crippen LogP contribution is 2.17. The predicted molar refractivity (Wildman–Crippen MR) is 106 cm³/mol. The summed E-state index contributed by atoms with van der Waals surface area (Å²) in [6.07, 6.45) is 4.72. The Morgan fingerprint density at radius 1 is 0.852 bits per heavy atom. The molecule has 0 radical (unpaired) electrons. The number of para-hydroxylation sites is 1. The molecule has 1 aromatic carbocycles. The van der Waals surface area contributed by atoms with Crippen LogP contribution in [0.15, 0.2) is 30.3 Å². The average Bonchev–Trinajstić information content (AvgIpc) is 2.94. The Balaban J connectivity index is 1.30. The van der Waals surface area contributed by atoms with E-state index in [1.807, 2.05) is 40.1 Å². The third-order valence-electron chi connectivity index (χ3n) is 5.74. The van der Waals surface area contributed by atoms with Gasteiger partial charge in [0.05, 0.1) is 6.54 Å². The Morgan fingerprint density at radius 3 is 2.26 bits per heavy atom. The zero-order valence-electron chi connectivity index (χ0n) is 15.8. The minimum atomic E-state index is 0.0460. The standard InChI is InChI=1S/C21H28N4O2/c26-20(24-9-5-1-2-6-10-24)16-23-11-13-25(14-12-23)21(27)19-15-17-7-3-4-8-18(17)22-19/h3-4,7-8,15,22H,1-2,5-6,9-14,16H2. The molecule has 2 saturated heterocycles. The number of benzene rings is 1. The molecule has 0 atom stereocenters. The summed E-state index contributed by atoms with van der Waals surface area (Å²) >= 11 is 0. The second kappa shape index (κ2) is 8.13. The van der Waals surface area contributed by atoms with Crippen molar-refractivity contribution in [1.82, 2.24) is 19.7 Å². The van der Waals surface area contributed by atoms with Crippen LogP contribution in [0.4, 0.5) is 0 Å². The van der Waals surface area contributed by atoms with Crippen molar-refractivity contribution >= 4 is 22.7 Å². The van der Waals surface area contributed by atoms with Crippen LogP contribution < -0.4 is 0 Å². The number of aromatic amines is 1. The first-order valence-electron chi connectivity index (χ1n) is 10.1. The van der Waals surface area contributed by atoms with Gasteiger partial charge in [-0.3, -0.25) is 14.5 Å². The Labute approximate surface area is 160 Å². The van der Waals surface area contributed by atoms with Gasteiger partial charge in [0.15, 0.2) is 0 Å². The van der Waals surface area contributed by atoms with Crippen molar-refractivity contribution in [3.63, 3.8) is 0 Å². The van der Waals surface area contributed by atoms with Crippen molar-refractivity contribution < 1.29 is 9.59 Å². The number of carbonyl (C=O) groups is 2. The molecule has 2 aliphatic rings. The minimum Gasteiger partial charge on any atom is -0.351 e. The Bertz CT molecular complexity index is 766. The quantitative estimate of drug-likeness (QED) is 0.905. The average molecular weight is 368 g/mol. The van der Waals surface area contributed by atoms with E-state index in [4.69, 9.17) is 0 Å². The molecular formula is C21H28N4O2. The van der Waals surface area contributed by atoms with Gasteiger partial charge in [0, 0.05) is 50.2 Å². The highest BCUT2D eigenvalue weighted by atomic mass is 16.2. The molecule has 6 nitrogen and oxygen atoms in total. The lowest BCUT2D eigenvalue weighted by molar-refractivity contribution is -0.132. The molecule has 2 aromatic rings. The Kier molecular flexibility index (Phi) is 5.43. The van der Waals surface area contributed by atoms with Crippen molar-refractivity contribution in [2.45, 2.75) is 25.7 Å². The fourth-order valence-electron chi connectivity index (χ4n) is 4.08. The lowest BCUT2D eigenvalue weighted by Crippen LogP contribution is -2.51. The topological polar surface area (TPSA) is 59.7 Å². The third-order valence-corrected chi connectivity index (χ3v) is 5.74. The summed E-state index contributed by atoms with van der Waals surface area (Å²) in [5, 5.41) is 1.06. The fourth-order valence-corrected chi connectivity index (χ4v) is 4.08. The smallest absolute Gasteiger partial charge is 0.270 e. The van der Waals surface area contributed by atoms with E-state index in [1.165, 1.54) is 12.8 Å². The van der Waals surface area contributed by atoms with Gasteiger partial charge >= 0.3 is 0 Å². The maximum absolute atomic E-state index is 12.8. The number of fused-ring (bicyclic) bond motifs is 1. The number of carbonyl (C=O) groups excluding carboxylic acids is 2. The van der Waals surface area contributed by atoms with E-state index in [0.29, 0.717) is 25.3 Å². The number of likely N-dealkylation sites (tertiary alicyclic amines) is 1. The summed E-state index contributed by atoms with van der Waals surface area (Å²) < 4.78 is 0. The van der Waals surface area contributed by atoms with Crippen molar-refractivity contribution in [2.24, 2.45) is 0 Å². The predicted octanol–water partition coefficient (Wildman–Crippen LogP) is 2.33. The summed E-state index contributed by atoms with van der Waals surface area (Å²) in [7, 11) is 0. The van der Waals surface area contributed by atoms with Gasteiger partial charge in [-0.15, -0.1) is 0 Å². The van der Waals surface area contributed by atoms with E-state index in [2.05, 4.69) is 9.88 Å². The van der Waals surface area contributed by atoms with E-state index in [1.54, 1.807) is 0 Å². The number of nitrogens with one attached hydrogen (secondary N) is 1. The molecule has 0 unspecified atom stereocenters. The zero-order valence-corrected chi connectivity index (χ0v) is 15.8. The molecule has 2 fully saturated rings. The van der Waals surface area contributed by atoms with Gasteiger partial charge in [0.25, 0.3) is 5.91 Å². The molecule has 6 heteroatoms. The lowest BCUT2D eigenvalue weighted by atomic mass is 10.2. The molecule has 0 spiro atoms. The van der Waals surface area contributed by atoms with E-state index in [0.717, 1.165) is 49.9 Å². The maximum atomic E-state index is 12.8. The van der Waals surface area contributed by atoms with E-state index >= 15 is 0 Å². The lowest BCUT2D eigenvalue weighted by Gasteiger charge is -2.35. The molecule has 0 saturated carbocycles. The SMILES string of the molecule is O=C(CN1CCN(C(=O)c2cc3ccccc3[nH]2)CC1)N1CCCCCC1. The van der Waals surface area contributed by atoms with Crippen molar-refractivity contribution in [2.75, 3.05) is 45.8 Å². The van der Waals surface area contributed by atoms with Crippen LogP contribution in [0.2, 0.25) is 0 Å². The second-order valence-electron chi connectivity index (χ2n) is 7.63. The molecule has 3 heterocycles. The van der Waals surface area contributed by atoms with E-state index < -0.39 is 0 Å². The van der Waals surface area contributed by atoms with Crippen LogP contribution in [0, 0.1) is 0 Å². The van der Waals surface area contributed by atoms with Crippen LogP contribution >= 0.6 is 0 Å². The molecule has 144 valence electrons. The van der Waals surface area contributed by atoms with Crippen LogP contribution in [-0.4, -0.2) is 77.3 Å². The molecular weight excluding hydrogens is 340 g/mol. The zero-order chi connectivity index (χ0) is 18.6. The van der Waals surface area contributed by atoms with E-state index in [-0.39, 0.29) is 11.8 Å². The van der Waals surface area contributed by atoms with Gasteiger partial charge in [-0.2, -0.15) is 0 Å². The fraction of sp³-hybridized carbons (Fsp3) is 0.524. The number of hydrogen-bond donors (Lipinski definition) is 1. The van der Waals surface area contributed by atoms with E-state index in [9.17, 15) is 9.59 Å². The number of aromatic nitrogens is 1. The van der Waals surface area contributed by atoms with Crippen LogP contribution in [0.3, 0.4) is 0 Å². The van der Waals surface area contributed by atoms with Crippen molar-refractivity contribution in [3.05, 3.63) is 36.0 Å². The third kappa shape index (κ3) is 4.16. The van der Waals surface area contributed by atoms with Crippen LogP contribution in [0.1, 0.15) is 36.2 Å². The van der Waals surface area contributed by atoms with Gasteiger partial charge in [-0.1, -0.05) is 31.0 Å². The van der Waals surface area contributed by atoms with Gasteiger partial charge in [0.1, 0.15) is 5.69 Å². The number of piperazine rings is 1. The molecule has 1 N–H and O–H groups in total. The van der Waals surface area contributed by atoms with Crippen LogP contribution in [-0.2, 0) is 4.79 Å². The number of hydrogen-bond acceptors (Lipinski definition) is 3. The molecule has 4 rings (SSSR count). The van der Waals surface area contributed by atoms with Crippen LogP contribution in [0.25, 0.3) is 10.9 Å². The number of H-pyrrole nitrogens is 1. The number of nitrogens with zero attached hydrogens (tertiary/aromatic N) is 3. The number of amides is 2. The Morgan fingerprint density at radius 2 is 1.56 bits per heavy atom. The molecule has 0 aliphatic carbocycles. The highest BCUT2D eigenvalue weighted by molar-refractivity contribution is 5.98. The molecule has 27 heavy (non-hydrogen) atoms. The monoisotopic (exact) mass is 368 g/mol. The highest BCUT2D eigenvalue weighted by Gasteiger charge is 2.25. The summed E-state index contributed by atoms with van der Waals surface area (Å²) in [4.78, 5) is 34.7. The molecule has 1 aromatic heterocycles. The van der Waals surface area contributed by atoms with Crippen LogP contribution in [0.5, 0.6) is 0 Å². The van der Waals surface area contributed by atoms with Gasteiger partial charge in [0.2, 0.25) is 5.91 Å².